The molecule has 8 nitrogen and oxygen atoms in total. The minimum atomic E-state index is -3.15. The van der Waals surface area contributed by atoms with Crippen molar-refractivity contribution in [3.05, 3.63) is 35.4 Å². The van der Waals surface area contributed by atoms with Crippen molar-refractivity contribution in [2.45, 2.75) is 63.6 Å². The number of nitrogens with zero attached hydrogens (tertiary/aromatic N) is 1. The van der Waals surface area contributed by atoms with E-state index >= 15 is 0 Å². The van der Waals surface area contributed by atoms with E-state index in [9.17, 15) is 22.8 Å². The van der Waals surface area contributed by atoms with Crippen LogP contribution in [-0.2, 0) is 21.2 Å². The van der Waals surface area contributed by atoms with Crippen LogP contribution in [0.1, 0.15) is 61.4 Å². The first-order chi connectivity index (χ1) is 14.7. The van der Waals surface area contributed by atoms with Crippen molar-refractivity contribution >= 4 is 27.7 Å². The van der Waals surface area contributed by atoms with Gasteiger partial charge >= 0.3 is 6.03 Å². The molecule has 4 rings (SSSR count). The first-order valence-corrected chi connectivity index (χ1v) is 12.7. The molecule has 1 aliphatic carbocycles. The monoisotopic (exact) mass is 447 g/mol. The van der Waals surface area contributed by atoms with Crippen LogP contribution in [0.5, 0.6) is 0 Å². The zero-order valence-electron chi connectivity index (χ0n) is 17.7. The summed E-state index contributed by atoms with van der Waals surface area (Å²) in [6.45, 7) is 2.32. The third kappa shape index (κ3) is 4.61. The van der Waals surface area contributed by atoms with Gasteiger partial charge in [-0.3, -0.25) is 14.5 Å². The van der Waals surface area contributed by atoms with Gasteiger partial charge in [-0.05, 0) is 62.1 Å². The molecule has 3 fully saturated rings. The normalized spacial score (nSPS) is 27.2. The van der Waals surface area contributed by atoms with E-state index in [1.807, 2.05) is 0 Å². The molecule has 2 saturated heterocycles. The highest BCUT2D eigenvalue weighted by Gasteiger charge is 2.53. The lowest BCUT2D eigenvalue weighted by Crippen LogP contribution is -2.52. The maximum Gasteiger partial charge on any atom is 0.325 e. The molecule has 3 aliphatic rings. The molecule has 2 heterocycles. The van der Waals surface area contributed by atoms with Gasteiger partial charge in [-0.2, -0.15) is 0 Å². The van der Waals surface area contributed by atoms with Crippen LogP contribution in [0.25, 0.3) is 0 Å². The Morgan fingerprint density at radius 1 is 1.10 bits per heavy atom. The molecular weight excluding hydrogens is 418 g/mol. The fourth-order valence-electron chi connectivity index (χ4n) is 4.66. The first kappa shape index (κ1) is 21.8. The molecule has 0 aromatic heterocycles. The summed E-state index contributed by atoms with van der Waals surface area (Å²) in [5, 5.41) is 5.81. The maximum atomic E-state index is 12.9. The molecule has 4 amide bonds. The lowest BCUT2D eigenvalue weighted by Gasteiger charge is -2.30. The Hall–Kier alpha value is -2.42. The zero-order chi connectivity index (χ0) is 22.2. The van der Waals surface area contributed by atoms with E-state index in [-0.39, 0.29) is 48.7 Å². The van der Waals surface area contributed by atoms with Gasteiger partial charge in [0.2, 0.25) is 0 Å². The topological polar surface area (TPSA) is 113 Å². The summed E-state index contributed by atoms with van der Waals surface area (Å²) in [6.07, 6.45) is 4.47. The molecule has 1 saturated carbocycles. The Labute approximate surface area is 182 Å². The quantitative estimate of drug-likeness (QED) is 0.686. The number of rotatable bonds is 4. The average molecular weight is 448 g/mol. The Morgan fingerprint density at radius 2 is 1.71 bits per heavy atom. The van der Waals surface area contributed by atoms with Gasteiger partial charge < -0.3 is 10.6 Å². The van der Waals surface area contributed by atoms with Crippen LogP contribution in [0.4, 0.5) is 4.79 Å². The van der Waals surface area contributed by atoms with Gasteiger partial charge in [0.15, 0.2) is 9.84 Å². The summed E-state index contributed by atoms with van der Waals surface area (Å²) in [6, 6.07) is 6.61. The number of imide groups is 1. The van der Waals surface area contributed by atoms with E-state index in [2.05, 4.69) is 17.6 Å². The molecule has 0 unspecified atom stereocenters. The van der Waals surface area contributed by atoms with Crippen LogP contribution in [0.2, 0.25) is 0 Å². The van der Waals surface area contributed by atoms with Crippen LogP contribution in [0.3, 0.4) is 0 Å². The lowest BCUT2D eigenvalue weighted by atomic mass is 9.87. The Kier molecular flexibility index (Phi) is 5.81. The van der Waals surface area contributed by atoms with Crippen molar-refractivity contribution in [3.63, 3.8) is 0 Å². The number of amides is 4. The minimum Gasteiger partial charge on any atom is -0.349 e. The maximum absolute atomic E-state index is 12.9. The number of benzene rings is 1. The van der Waals surface area contributed by atoms with E-state index in [0.717, 1.165) is 42.1 Å². The average Bonchev–Trinajstić information content (AvgIpc) is 2.97. The Morgan fingerprint density at radius 3 is 2.32 bits per heavy atom. The molecular formula is C22H29N3O5S. The second-order valence-corrected chi connectivity index (χ2v) is 11.5. The second-order valence-electron chi connectivity index (χ2n) is 9.18. The highest BCUT2D eigenvalue weighted by Crippen LogP contribution is 2.31. The van der Waals surface area contributed by atoms with Gasteiger partial charge in [0.05, 0.1) is 18.1 Å². The molecule has 0 bridgehead atoms. The number of hydrogen-bond acceptors (Lipinski definition) is 5. The van der Waals surface area contributed by atoms with E-state index in [1.165, 1.54) is 0 Å². The van der Waals surface area contributed by atoms with Crippen LogP contribution in [0, 0.1) is 5.92 Å². The van der Waals surface area contributed by atoms with Crippen molar-refractivity contribution < 1.29 is 22.8 Å². The van der Waals surface area contributed by atoms with Crippen LogP contribution in [0.15, 0.2) is 24.3 Å². The van der Waals surface area contributed by atoms with Crippen molar-refractivity contribution in [3.8, 4) is 0 Å². The van der Waals surface area contributed by atoms with E-state index in [4.69, 9.17) is 0 Å². The molecule has 1 aromatic rings. The summed E-state index contributed by atoms with van der Waals surface area (Å²) in [4.78, 5) is 39.0. The molecule has 2 N–H and O–H groups in total. The minimum absolute atomic E-state index is 0.0849. The SMILES string of the molecule is CC1CCC(NC(=O)c2ccc(CN3C(=O)NC4(CCS(=O)(=O)CC4)C3=O)cc2)CC1. The van der Waals surface area contributed by atoms with Crippen LogP contribution in [-0.4, -0.2) is 54.2 Å². The predicted octanol–water partition coefficient (Wildman–Crippen LogP) is 1.99. The fraction of sp³-hybridized carbons (Fsp3) is 0.591. The third-order valence-electron chi connectivity index (χ3n) is 6.83. The lowest BCUT2D eigenvalue weighted by molar-refractivity contribution is -0.132. The van der Waals surface area contributed by atoms with Crippen molar-refractivity contribution in [2.24, 2.45) is 5.92 Å². The zero-order valence-corrected chi connectivity index (χ0v) is 18.5. The summed E-state index contributed by atoms with van der Waals surface area (Å²) in [5.41, 5.74) is 0.167. The predicted molar refractivity (Wildman–Crippen MR) is 115 cm³/mol. The van der Waals surface area contributed by atoms with Crippen molar-refractivity contribution in [2.75, 3.05) is 11.5 Å². The van der Waals surface area contributed by atoms with E-state index in [0.29, 0.717) is 5.56 Å². The molecule has 0 atom stereocenters. The molecule has 9 heteroatoms. The molecule has 1 spiro atoms. The van der Waals surface area contributed by atoms with E-state index < -0.39 is 21.4 Å². The van der Waals surface area contributed by atoms with Gasteiger partial charge in [-0.25, -0.2) is 13.2 Å². The van der Waals surface area contributed by atoms with Gasteiger partial charge in [0.1, 0.15) is 5.54 Å². The molecule has 31 heavy (non-hydrogen) atoms. The molecule has 2 aliphatic heterocycles. The summed E-state index contributed by atoms with van der Waals surface area (Å²) in [7, 11) is -3.15. The number of carbonyl (C=O) groups is 3. The number of sulfone groups is 1. The highest BCUT2D eigenvalue weighted by molar-refractivity contribution is 7.91. The Bertz CT molecular complexity index is 967. The van der Waals surface area contributed by atoms with Gasteiger partial charge in [0, 0.05) is 11.6 Å². The summed E-state index contributed by atoms with van der Waals surface area (Å²) >= 11 is 0. The Balaban J connectivity index is 1.37. The molecule has 0 radical (unpaired) electrons. The van der Waals surface area contributed by atoms with Gasteiger partial charge in [-0.1, -0.05) is 19.1 Å². The van der Waals surface area contributed by atoms with Crippen LogP contribution < -0.4 is 10.6 Å². The smallest absolute Gasteiger partial charge is 0.325 e. The van der Waals surface area contributed by atoms with Crippen molar-refractivity contribution in [1.82, 2.24) is 15.5 Å². The van der Waals surface area contributed by atoms with Gasteiger partial charge in [-0.15, -0.1) is 0 Å². The fourth-order valence-corrected chi connectivity index (χ4v) is 6.19. The second kappa shape index (κ2) is 8.26. The van der Waals surface area contributed by atoms with Gasteiger partial charge in [0.25, 0.3) is 11.8 Å². The number of hydrogen-bond donors (Lipinski definition) is 2. The number of nitrogens with one attached hydrogen (secondary N) is 2. The van der Waals surface area contributed by atoms with Crippen molar-refractivity contribution in [1.29, 1.82) is 0 Å². The highest BCUT2D eigenvalue weighted by atomic mass is 32.2. The van der Waals surface area contributed by atoms with Crippen LogP contribution >= 0.6 is 0 Å². The number of carbonyl (C=O) groups excluding carboxylic acids is 3. The summed E-state index contributed by atoms with van der Waals surface area (Å²) in [5.74, 6) is 0.0342. The first-order valence-electron chi connectivity index (χ1n) is 10.9. The molecule has 168 valence electrons. The summed E-state index contributed by atoms with van der Waals surface area (Å²) < 4.78 is 23.4. The van der Waals surface area contributed by atoms with E-state index in [1.54, 1.807) is 24.3 Å². The largest absolute Gasteiger partial charge is 0.349 e. The number of urea groups is 1. The standard InChI is InChI=1S/C22H29N3O5S/c1-15-2-8-18(9-3-15)23-19(26)17-6-4-16(5-7-17)14-25-20(27)22(24-21(25)28)10-12-31(29,30)13-11-22/h4-7,15,18H,2-3,8-14H2,1H3,(H,23,26)(H,24,28). The third-order valence-corrected chi connectivity index (χ3v) is 8.49. The molecule has 1 aromatic carbocycles.